The minimum absolute atomic E-state index is 0.109. The summed E-state index contributed by atoms with van der Waals surface area (Å²) < 4.78 is 23.0. The number of benzene rings is 1. The maximum absolute atomic E-state index is 12.1. The maximum Gasteiger partial charge on any atom is 0.274 e. The Morgan fingerprint density at radius 3 is 2.24 bits per heavy atom. The average Bonchev–Trinajstić information content (AvgIpc) is 2.24. The van der Waals surface area contributed by atoms with Gasteiger partial charge in [-0.05, 0) is 33.8 Å². The Labute approximate surface area is 126 Å². The second-order valence-corrected chi connectivity index (χ2v) is 8.05. The van der Waals surface area contributed by atoms with E-state index in [2.05, 4.69) is 5.32 Å². The molecule has 0 radical (unpaired) electrons. The first-order chi connectivity index (χ1) is 9.33. The van der Waals surface area contributed by atoms with Gasteiger partial charge < -0.3 is 5.32 Å². The van der Waals surface area contributed by atoms with E-state index in [0.29, 0.717) is 0 Å². The highest BCUT2D eigenvalue weighted by Crippen LogP contribution is 2.29. The summed E-state index contributed by atoms with van der Waals surface area (Å²) in [5.41, 5.74) is -1.30. The predicted octanol–water partition coefficient (Wildman–Crippen LogP) is 2.36. The van der Waals surface area contributed by atoms with Crippen molar-refractivity contribution in [3.05, 3.63) is 33.4 Å². The number of carbonyl (C=O) groups is 1. The summed E-state index contributed by atoms with van der Waals surface area (Å²) in [4.78, 5) is 21.8. The van der Waals surface area contributed by atoms with Gasteiger partial charge in [0.2, 0.25) is 0 Å². The number of hydrogen-bond acceptors (Lipinski definition) is 5. The van der Waals surface area contributed by atoms with Gasteiger partial charge in [-0.25, -0.2) is 8.42 Å². The van der Waals surface area contributed by atoms with Crippen LogP contribution in [0.4, 0.5) is 5.69 Å². The van der Waals surface area contributed by atoms with Gasteiger partial charge in [-0.15, -0.1) is 0 Å². The SMILES string of the molecule is Cc1c([N+](=O)[O-])cc(C(=O)NC(C)(C)C)cc1S(=O)(=O)Cl. The fraction of sp³-hybridized carbons (Fsp3) is 0.417. The van der Waals surface area contributed by atoms with Crippen molar-refractivity contribution in [3.8, 4) is 0 Å². The quantitative estimate of drug-likeness (QED) is 0.518. The molecule has 0 heterocycles. The Morgan fingerprint density at radius 2 is 1.86 bits per heavy atom. The number of halogens is 1. The van der Waals surface area contributed by atoms with Crippen molar-refractivity contribution < 1.29 is 18.1 Å². The average molecular weight is 335 g/mol. The maximum atomic E-state index is 12.1. The minimum Gasteiger partial charge on any atom is -0.347 e. The van der Waals surface area contributed by atoms with E-state index in [1.807, 2.05) is 0 Å². The Bertz CT molecular complexity index is 707. The standard InChI is InChI=1S/C12H15ClN2O5S/c1-7-9(15(17)18)5-8(6-10(7)21(13,19)20)11(16)14-12(2,3)4/h5-6H,1-4H3,(H,14,16). The lowest BCUT2D eigenvalue weighted by Gasteiger charge is -2.20. The van der Waals surface area contributed by atoms with Crippen molar-refractivity contribution in [2.24, 2.45) is 0 Å². The van der Waals surface area contributed by atoms with E-state index in [1.165, 1.54) is 6.92 Å². The minimum atomic E-state index is -4.20. The molecule has 0 fully saturated rings. The molecule has 0 aliphatic heterocycles. The van der Waals surface area contributed by atoms with Crippen LogP contribution >= 0.6 is 10.7 Å². The molecule has 0 bridgehead atoms. The molecule has 9 heteroatoms. The summed E-state index contributed by atoms with van der Waals surface area (Å²) in [6.45, 7) is 6.45. The molecule has 0 aliphatic carbocycles. The van der Waals surface area contributed by atoms with Crippen LogP contribution in [-0.2, 0) is 9.05 Å². The topological polar surface area (TPSA) is 106 Å². The number of hydrogen-bond donors (Lipinski definition) is 1. The molecule has 0 aliphatic rings. The van der Waals surface area contributed by atoms with Gasteiger partial charge in [-0.2, -0.15) is 0 Å². The van der Waals surface area contributed by atoms with Crippen molar-refractivity contribution in [2.45, 2.75) is 38.1 Å². The van der Waals surface area contributed by atoms with Crippen molar-refractivity contribution in [1.82, 2.24) is 5.32 Å². The van der Waals surface area contributed by atoms with Crippen LogP contribution in [0.2, 0.25) is 0 Å². The van der Waals surface area contributed by atoms with E-state index in [4.69, 9.17) is 10.7 Å². The van der Waals surface area contributed by atoms with Gasteiger partial charge in [0.25, 0.3) is 20.6 Å². The number of nitro benzene ring substituents is 1. The predicted molar refractivity (Wildman–Crippen MR) is 78.1 cm³/mol. The van der Waals surface area contributed by atoms with E-state index in [1.54, 1.807) is 20.8 Å². The first-order valence-electron chi connectivity index (χ1n) is 5.89. The molecule has 116 valence electrons. The monoisotopic (exact) mass is 334 g/mol. The molecule has 0 aromatic heterocycles. The summed E-state index contributed by atoms with van der Waals surface area (Å²) in [7, 11) is 1.07. The van der Waals surface area contributed by atoms with Crippen LogP contribution in [-0.4, -0.2) is 24.8 Å². The molecule has 0 spiro atoms. The van der Waals surface area contributed by atoms with Crippen LogP contribution < -0.4 is 5.32 Å². The third-order valence-corrected chi connectivity index (χ3v) is 3.99. The van der Waals surface area contributed by atoms with Gasteiger partial charge in [0, 0.05) is 33.4 Å². The lowest BCUT2D eigenvalue weighted by molar-refractivity contribution is -0.385. The third-order valence-electron chi connectivity index (χ3n) is 2.54. The zero-order chi connectivity index (χ0) is 16.6. The van der Waals surface area contributed by atoms with Crippen LogP contribution in [0.5, 0.6) is 0 Å². The van der Waals surface area contributed by atoms with Crippen LogP contribution in [0, 0.1) is 17.0 Å². The first-order valence-corrected chi connectivity index (χ1v) is 8.20. The Morgan fingerprint density at radius 1 is 1.33 bits per heavy atom. The fourth-order valence-corrected chi connectivity index (χ4v) is 2.88. The number of rotatable bonds is 3. The van der Waals surface area contributed by atoms with E-state index < -0.39 is 36.0 Å². The van der Waals surface area contributed by atoms with Gasteiger partial charge in [-0.1, -0.05) is 0 Å². The molecule has 0 saturated carbocycles. The van der Waals surface area contributed by atoms with Crippen LogP contribution in [0.3, 0.4) is 0 Å². The zero-order valence-electron chi connectivity index (χ0n) is 11.9. The van der Waals surface area contributed by atoms with Crippen LogP contribution in [0.1, 0.15) is 36.7 Å². The van der Waals surface area contributed by atoms with E-state index >= 15 is 0 Å². The van der Waals surface area contributed by atoms with Gasteiger partial charge in [0.1, 0.15) is 0 Å². The molecule has 1 aromatic rings. The normalized spacial score (nSPS) is 12.0. The van der Waals surface area contributed by atoms with Crippen molar-refractivity contribution in [1.29, 1.82) is 0 Å². The molecule has 1 rings (SSSR count). The lowest BCUT2D eigenvalue weighted by atomic mass is 10.1. The Hall–Kier alpha value is -1.67. The highest BCUT2D eigenvalue weighted by molar-refractivity contribution is 8.13. The number of nitrogens with one attached hydrogen (secondary N) is 1. The summed E-state index contributed by atoms with van der Waals surface area (Å²) in [6, 6.07) is 2.06. The van der Waals surface area contributed by atoms with Crippen LogP contribution in [0.25, 0.3) is 0 Å². The molecular formula is C12H15ClN2O5S. The van der Waals surface area contributed by atoms with E-state index in [0.717, 1.165) is 12.1 Å². The summed E-state index contributed by atoms with van der Waals surface area (Å²) in [5, 5.41) is 13.6. The number of carbonyl (C=O) groups excluding carboxylic acids is 1. The highest BCUT2D eigenvalue weighted by atomic mass is 35.7. The lowest BCUT2D eigenvalue weighted by Crippen LogP contribution is -2.40. The summed E-state index contributed by atoms with van der Waals surface area (Å²) >= 11 is 0. The summed E-state index contributed by atoms with van der Waals surface area (Å²) in [5.74, 6) is -0.618. The van der Waals surface area contributed by atoms with Gasteiger partial charge >= 0.3 is 0 Å². The third kappa shape index (κ3) is 4.40. The van der Waals surface area contributed by atoms with Crippen molar-refractivity contribution in [2.75, 3.05) is 0 Å². The first kappa shape index (κ1) is 17.4. The molecule has 1 amide bonds. The van der Waals surface area contributed by atoms with Crippen molar-refractivity contribution >= 4 is 31.3 Å². The van der Waals surface area contributed by atoms with Crippen molar-refractivity contribution in [3.63, 3.8) is 0 Å². The van der Waals surface area contributed by atoms with Gasteiger partial charge in [-0.3, -0.25) is 14.9 Å². The Balaban J connectivity index is 3.52. The number of amides is 1. The molecule has 0 atom stereocenters. The van der Waals surface area contributed by atoms with E-state index in [-0.39, 0.29) is 11.1 Å². The molecule has 7 nitrogen and oxygen atoms in total. The van der Waals surface area contributed by atoms with E-state index in [9.17, 15) is 23.3 Å². The molecular weight excluding hydrogens is 320 g/mol. The molecule has 0 saturated heterocycles. The smallest absolute Gasteiger partial charge is 0.274 e. The largest absolute Gasteiger partial charge is 0.347 e. The number of nitrogens with zero attached hydrogens (tertiary/aromatic N) is 1. The summed E-state index contributed by atoms with van der Waals surface area (Å²) in [6.07, 6.45) is 0. The number of nitro groups is 1. The van der Waals surface area contributed by atoms with Gasteiger partial charge in [0.05, 0.1) is 9.82 Å². The second kappa shape index (κ2) is 5.61. The molecule has 0 unspecified atom stereocenters. The highest BCUT2D eigenvalue weighted by Gasteiger charge is 2.26. The second-order valence-electron chi connectivity index (χ2n) is 5.52. The fourth-order valence-electron chi connectivity index (χ4n) is 1.66. The molecule has 1 N–H and O–H groups in total. The van der Waals surface area contributed by atoms with Crippen LogP contribution in [0.15, 0.2) is 17.0 Å². The van der Waals surface area contributed by atoms with Gasteiger partial charge in [0.15, 0.2) is 0 Å². The Kier molecular flexibility index (Phi) is 4.64. The zero-order valence-corrected chi connectivity index (χ0v) is 13.5. The molecule has 21 heavy (non-hydrogen) atoms. The molecule has 1 aromatic carbocycles.